The normalized spacial score (nSPS) is 13.6. The van der Waals surface area contributed by atoms with Crippen LogP contribution in [0.4, 0.5) is 0 Å². The summed E-state index contributed by atoms with van der Waals surface area (Å²) < 4.78 is 5.12. The molecule has 3 nitrogen and oxygen atoms in total. The van der Waals surface area contributed by atoms with Crippen molar-refractivity contribution < 1.29 is 9.53 Å². The van der Waals surface area contributed by atoms with Crippen LogP contribution in [-0.4, -0.2) is 12.1 Å². The van der Waals surface area contributed by atoms with Gasteiger partial charge in [-0.05, 0) is 24.6 Å². The Labute approximate surface area is 95.7 Å². The van der Waals surface area contributed by atoms with Crippen LogP contribution < -0.4 is 0 Å². The van der Waals surface area contributed by atoms with Crippen LogP contribution in [0.1, 0.15) is 37.8 Å². The number of nitriles is 1. The second-order valence-corrected chi connectivity index (χ2v) is 3.84. The van der Waals surface area contributed by atoms with Gasteiger partial charge in [0, 0.05) is 12.8 Å². The van der Waals surface area contributed by atoms with Crippen molar-refractivity contribution in [1.29, 1.82) is 5.26 Å². The van der Waals surface area contributed by atoms with E-state index >= 15 is 0 Å². The Morgan fingerprint density at radius 2 is 1.88 bits per heavy atom. The standard InChI is InChI=1S/C13H15NO2/c1-9(10(2)16-11(3)15)13-6-4-12(8-14)5-7-13/h4-7,9-10H,1-3H3/t9-,10-/m1/s1. The highest BCUT2D eigenvalue weighted by atomic mass is 16.5. The molecular weight excluding hydrogens is 202 g/mol. The van der Waals surface area contributed by atoms with Gasteiger partial charge < -0.3 is 4.74 Å². The molecule has 0 saturated heterocycles. The number of benzene rings is 1. The van der Waals surface area contributed by atoms with Crippen molar-refractivity contribution in [3.05, 3.63) is 35.4 Å². The van der Waals surface area contributed by atoms with E-state index in [-0.39, 0.29) is 18.0 Å². The minimum Gasteiger partial charge on any atom is -0.462 e. The van der Waals surface area contributed by atoms with Gasteiger partial charge in [0.2, 0.25) is 0 Å². The molecule has 3 heteroatoms. The molecule has 84 valence electrons. The monoisotopic (exact) mass is 217 g/mol. The number of rotatable bonds is 3. The van der Waals surface area contributed by atoms with Crippen molar-refractivity contribution in [2.75, 3.05) is 0 Å². The maximum Gasteiger partial charge on any atom is 0.302 e. The summed E-state index contributed by atoms with van der Waals surface area (Å²) in [5.74, 6) is -0.148. The molecule has 0 amide bonds. The topological polar surface area (TPSA) is 50.1 Å². The lowest BCUT2D eigenvalue weighted by Gasteiger charge is -2.20. The molecule has 2 atom stereocenters. The van der Waals surface area contributed by atoms with Crippen molar-refractivity contribution in [3.63, 3.8) is 0 Å². The maximum absolute atomic E-state index is 10.8. The minimum atomic E-state index is -0.270. The molecule has 0 unspecified atom stereocenters. The molecule has 0 N–H and O–H groups in total. The van der Waals surface area contributed by atoms with Crippen molar-refractivity contribution in [3.8, 4) is 6.07 Å². The van der Waals surface area contributed by atoms with Crippen molar-refractivity contribution in [2.45, 2.75) is 32.8 Å². The Morgan fingerprint density at radius 1 is 1.31 bits per heavy atom. The van der Waals surface area contributed by atoms with Gasteiger partial charge in [-0.15, -0.1) is 0 Å². The molecule has 0 saturated carbocycles. The summed E-state index contributed by atoms with van der Waals surface area (Å²) in [6.45, 7) is 5.27. The second kappa shape index (κ2) is 5.32. The number of hydrogen-bond donors (Lipinski definition) is 0. The third kappa shape index (κ3) is 3.09. The van der Waals surface area contributed by atoms with E-state index in [4.69, 9.17) is 10.00 Å². The quantitative estimate of drug-likeness (QED) is 0.731. The van der Waals surface area contributed by atoms with Crippen molar-refractivity contribution in [2.24, 2.45) is 0 Å². The molecule has 0 radical (unpaired) electrons. The van der Waals surface area contributed by atoms with E-state index in [2.05, 4.69) is 6.07 Å². The highest BCUT2D eigenvalue weighted by molar-refractivity contribution is 5.66. The highest BCUT2D eigenvalue weighted by Crippen LogP contribution is 2.21. The third-order valence-corrected chi connectivity index (χ3v) is 2.62. The van der Waals surface area contributed by atoms with Gasteiger partial charge in [0.1, 0.15) is 6.10 Å². The van der Waals surface area contributed by atoms with Gasteiger partial charge in [-0.3, -0.25) is 4.79 Å². The molecule has 0 bridgehead atoms. The molecule has 0 aliphatic carbocycles. The summed E-state index contributed by atoms with van der Waals surface area (Å²) in [5.41, 5.74) is 1.70. The van der Waals surface area contributed by atoms with Crippen LogP contribution in [0.3, 0.4) is 0 Å². The van der Waals surface area contributed by atoms with Crippen LogP contribution in [0.5, 0.6) is 0 Å². The zero-order valence-corrected chi connectivity index (χ0v) is 9.73. The van der Waals surface area contributed by atoms with Crippen LogP contribution in [-0.2, 0) is 9.53 Å². The maximum atomic E-state index is 10.8. The molecule has 0 heterocycles. The predicted molar refractivity (Wildman–Crippen MR) is 60.8 cm³/mol. The van der Waals surface area contributed by atoms with E-state index < -0.39 is 0 Å². The first kappa shape index (κ1) is 12.3. The van der Waals surface area contributed by atoms with Crippen LogP contribution in [0.15, 0.2) is 24.3 Å². The molecular formula is C13H15NO2. The summed E-state index contributed by atoms with van der Waals surface area (Å²) >= 11 is 0. The van der Waals surface area contributed by atoms with Crippen LogP contribution in [0, 0.1) is 11.3 Å². The van der Waals surface area contributed by atoms with E-state index in [1.165, 1.54) is 6.92 Å². The molecule has 1 rings (SSSR count). The van der Waals surface area contributed by atoms with Gasteiger partial charge in [0.25, 0.3) is 0 Å². The summed E-state index contributed by atoms with van der Waals surface area (Å²) in [4.78, 5) is 10.8. The number of carbonyl (C=O) groups excluding carboxylic acids is 1. The Morgan fingerprint density at radius 3 is 2.31 bits per heavy atom. The fourth-order valence-electron chi connectivity index (χ4n) is 1.50. The molecule has 16 heavy (non-hydrogen) atoms. The largest absolute Gasteiger partial charge is 0.462 e. The second-order valence-electron chi connectivity index (χ2n) is 3.84. The third-order valence-electron chi connectivity index (χ3n) is 2.62. The molecule has 0 aliphatic rings. The first-order valence-corrected chi connectivity index (χ1v) is 5.22. The van der Waals surface area contributed by atoms with E-state index in [0.717, 1.165) is 5.56 Å². The summed E-state index contributed by atoms with van der Waals surface area (Å²) in [6, 6.07) is 9.39. The molecule has 1 aromatic carbocycles. The highest BCUT2D eigenvalue weighted by Gasteiger charge is 2.16. The lowest BCUT2D eigenvalue weighted by Crippen LogP contribution is -2.19. The average molecular weight is 217 g/mol. The van der Waals surface area contributed by atoms with Gasteiger partial charge in [0.05, 0.1) is 11.6 Å². The van der Waals surface area contributed by atoms with Crippen LogP contribution in [0.25, 0.3) is 0 Å². The molecule has 1 aromatic rings. The predicted octanol–water partition coefficient (Wildman–Crippen LogP) is 2.61. The first-order chi connectivity index (χ1) is 7.54. The zero-order valence-electron chi connectivity index (χ0n) is 9.73. The smallest absolute Gasteiger partial charge is 0.302 e. The van der Waals surface area contributed by atoms with Gasteiger partial charge in [0.15, 0.2) is 0 Å². The average Bonchev–Trinajstić information content (AvgIpc) is 2.27. The Hall–Kier alpha value is -1.82. The first-order valence-electron chi connectivity index (χ1n) is 5.22. The van der Waals surface area contributed by atoms with Crippen LogP contribution >= 0.6 is 0 Å². The Balaban J connectivity index is 2.76. The van der Waals surface area contributed by atoms with Crippen molar-refractivity contribution >= 4 is 5.97 Å². The summed E-state index contributed by atoms with van der Waals surface area (Å²) in [5, 5.41) is 8.68. The number of esters is 1. The van der Waals surface area contributed by atoms with E-state index in [9.17, 15) is 4.79 Å². The number of carbonyl (C=O) groups is 1. The zero-order chi connectivity index (χ0) is 12.1. The summed E-state index contributed by atoms with van der Waals surface area (Å²) in [7, 11) is 0. The lowest BCUT2D eigenvalue weighted by atomic mass is 9.95. The molecule has 0 spiro atoms. The molecule has 0 fully saturated rings. The van der Waals surface area contributed by atoms with E-state index in [1.807, 2.05) is 26.0 Å². The minimum absolute atomic E-state index is 0.122. The number of nitrogens with zero attached hydrogens (tertiary/aromatic N) is 1. The van der Waals surface area contributed by atoms with Gasteiger partial charge in [-0.2, -0.15) is 5.26 Å². The van der Waals surface area contributed by atoms with E-state index in [1.54, 1.807) is 12.1 Å². The number of hydrogen-bond acceptors (Lipinski definition) is 3. The Bertz CT molecular complexity index is 403. The molecule has 0 aliphatic heterocycles. The molecule has 0 aromatic heterocycles. The number of ether oxygens (including phenoxy) is 1. The summed E-state index contributed by atoms with van der Waals surface area (Å²) in [6.07, 6.45) is -0.162. The SMILES string of the molecule is CC(=O)O[C@H](C)[C@@H](C)c1ccc(C#N)cc1. The fraction of sp³-hybridized carbons (Fsp3) is 0.385. The van der Waals surface area contributed by atoms with Gasteiger partial charge in [-0.25, -0.2) is 0 Å². The Kier molecular flexibility index (Phi) is 4.07. The van der Waals surface area contributed by atoms with Crippen molar-refractivity contribution in [1.82, 2.24) is 0 Å². The van der Waals surface area contributed by atoms with Crippen LogP contribution in [0.2, 0.25) is 0 Å². The fourth-order valence-corrected chi connectivity index (χ4v) is 1.50. The lowest BCUT2D eigenvalue weighted by molar-refractivity contribution is -0.146. The van der Waals surface area contributed by atoms with E-state index in [0.29, 0.717) is 5.56 Å². The van der Waals surface area contributed by atoms with Gasteiger partial charge >= 0.3 is 5.97 Å². The van der Waals surface area contributed by atoms with Gasteiger partial charge in [-0.1, -0.05) is 19.1 Å².